The fourth-order valence-corrected chi connectivity index (χ4v) is 1.49. The molecule has 2 rings (SSSR count). The second-order valence-electron chi connectivity index (χ2n) is 3.34. The number of phenols is 1. The molecule has 1 aromatic carbocycles. The van der Waals surface area contributed by atoms with E-state index in [0.717, 1.165) is 0 Å². The molecule has 17 heavy (non-hydrogen) atoms. The van der Waals surface area contributed by atoms with Gasteiger partial charge >= 0.3 is 0 Å². The number of nitrogens with two attached hydrogens (primary N) is 1. The van der Waals surface area contributed by atoms with Crippen molar-refractivity contribution in [2.45, 2.75) is 0 Å². The molecule has 0 aliphatic heterocycles. The van der Waals surface area contributed by atoms with Crippen molar-refractivity contribution in [3.8, 4) is 28.5 Å². The molecule has 0 aliphatic carbocycles. The normalized spacial score (nSPS) is 10.2. The van der Waals surface area contributed by atoms with E-state index in [0.29, 0.717) is 22.8 Å². The highest BCUT2D eigenvalue weighted by atomic mass is 16.5. The van der Waals surface area contributed by atoms with Crippen molar-refractivity contribution in [1.82, 2.24) is 5.16 Å². The monoisotopic (exact) mass is 236 g/mol. The van der Waals surface area contributed by atoms with E-state index < -0.39 is 0 Å². The van der Waals surface area contributed by atoms with E-state index in [9.17, 15) is 5.11 Å². The first-order valence-electron chi connectivity index (χ1n) is 4.83. The lowest BCUT2D eigenvalue weighted by Gasteiger charge is -2.09. The third-order valence-electron chi connectivity index (χ3n) is 2.31. The highest BCUT2D eigenvalue weighted by Gasteiger charge is 2.14. The van der Waals surface area contributed by atoms with E-state index in [-0.39, 0.29) is 11.6 Å². The summed E-state index contributed by atoms with van der Waals surface area (Å²) in [4.78, 5) is 0. The maximum absolute atomic E-state index is 9.85. The van der Waals surface area contributed by atoms with E-state index in [4.69, 9.17) is 19.7 Å². The zero-order valence-corrected chi connectivity index (χ0v) is 9.43. The number of ether oxygens (including phenoxy) is 2. The first kappa shape index (κ1) is 11.1. The minimum Gasteiger partial charge on any atom is -0.507 e. The molecule has 90 valence electrons. The van der Waals surface area contributed by atoms with Crippen LogP contribution in [0.1, 0.15) is 0 Å². The third kappa shape index (κ3) is 1.96. The summed E-state index contributed by atoms with van der Waals surface area (Å²) in [5.41, 5.74) is 6.32. The van der Waals surface area contributed by atoms with E-state index in [1.807, 2.05) is 0 Å². The number of anilines is 1. The molecular formula is C11H12N2O4. The van der Waals surface area contributed by atoms with Crippen LogP contribution in [0.2, 0.25) is 0 Å². The van der Waals surface area contributed by atoms with Crippen molar-refractivity contribution in [3.63, 3.8) is 0 Å². The minimum absolute atomic E-state index is 0.0101. The van der Waals surface area contributed by atoms with Crippen LogP contribution in [0, 0.1) is 0 Å². The van der Waals surface area contributed by atoms with Gasteiger partial charge in [0, 0.05) is 17.7 Å². The number of hydrogen-bond donors (Lipinski definition) is 2. The first-order chi connectivity index (χ1) is 8.15. The van der Waals surface area contributed by atoms with Gasteiger partial charge in [-0.3, -0.25) is 0 Å². The van der Waals surface area contributed by atoms with Gasteiger partial charge in [0.2, 0.25) is 5.88 Å². The predicted molar refractivity (Wildman–Crippen MR) is 61.1 cm³/mol. The summed E-state index contributed by atoms with van der Waals surface area (Å²) in [6, 6.07) is 4.56. The molecule has 0 radical (unpaired) electrons. The van der Waals surface area contributed by atoms with Gasteiger partial charge in [0.15, 0.2) is 11.5 Å². The molecular weight excluding hydrogens is 224 g/mol. The summed E-state index contributed by atoms with van der Waals surface area (Å²) in [7, 11) is 3.00. The molecule has 2 aromatic rings. The Hall–Kier alpha value is -2.37. The Bertz CT molecular complexity index is 536. The number of methoxy groups -OCH3 is 2. The molecule has 1 aromatic heterocycles. The molecule has 0 spiro atoms. The summed E-state index contributed by atoms with van der Waals surface area (Å²) in [5, 5.41) is 13.6. The number of phenolic OH excluding ortho intramolecular Hbond substituents is 1. The molecule has 0 aliphatic rings. The number of rotatable bonds is 3. The summed E-state index contributed by atoms with van der Waals surface area (Å²) in [6.07, 6.45) is 0. The summed E-state index contributed by atoms with van der Waals surface area (Å²) in [5.74, 6) is 1.11. The maximum Gasteiger partial charge on any atom is 0.222 e. The number of benzene rings is 1. The van der Waals surface area contributed by atoms with Crippen molar-refractivity contribution in [3.05, 3.63) is 18.2 Å². The standard InChI is InChI=1S/C11H12N2O4/c1-15-9-3-6(7-4-11(12)17-13-7)8(14)5-10(9)16-2/h3-5,14H,12H2,1-2H3. The lowest BCUT2D eigenvalue weighted by molar-refractivity contribution is 0.351. The molecule has 0 saturated carbocycles. The smallest absolute Gasteiger partial charge is 0.222 e. The van der Waals surface area contributed by atoms with Crippen molar-refractivity contribution in [1.29, 1.82) is 0 Å². The largest absolute Gasteiger partial charge is 0.507 e. The van der Waals surface area contributed by atoms with E-state index >= 15 is 0 Å². The van der Waals surface area contributed by atoms with Crippen LogP contribution in [-0.2, 0) is 0 Å². The van der Waals surface area contributed by atoms with Gasteiger partial charge in [-0.15, -0.1) is 0 Å². The average Bonchev–Trinajstić information content (AvgIpc) is 2.75. The van der Waals surface area contributed by atoms with Crippen LogP contribution in [-0.4, -0.2) is 24.5 Å². The molecule has 0 fully saturated rings. The fourth-order valence-electron chi connectivity index (χ4n) is 1.49. The van der Waals surface area contributed by atoms with Crippen LogP contribution in [0.3, 0.4) is 0 Å². The third-order valence-corrected chi connectivity index (χ3v) is 2.31. The summed E-state index contributed by atoms with van der Waals surface area (Å²) in [6.45, 7) is 0. The van der Waals surface area contributed by atoms with Crippen molar-refractivity contribution >= 4 is 5.88 Å². The fraction of sp³-hybridized carbons (Fsp3) is 0.182. The molecule has 6 heteroatoms. The second-order valence-corrected chi connectivity index (χ2v) is 3.34. The minimum atomic E-state index is 0.0101. The van der Waals surface area contributed by atoms with Gasteiger partial charge in [-0.1, -0.05) is 5.16 Å². The predicted octanol–water partition coefficient (Wildman–Crippen LogP) is 1.65. The van der Waals surface area contributed by atoms with Crippen molar-refractivity contribution < 1.29 is 19.1 Å². The molecule has 0 unspecified atom stereocenters. The molecule has 0 atom stereocenters. The van der Waals surface area contributed by atoms with Gasteiger partial charge in [0.25, 0.3) is 0 Å². The Morgan fingerprint density at radius 2 is 1.82 bits per heavy atom. The zero-order chi connectivity index (χ0) is 12.4. The molecule has 3 N–H and O–H groups in total. The summed E-state index contributed by atoms with van der Waals surface area (Å²) >= 11 is 0. The maximum atomic E-state index is 9.85. The van der Waals surface area contributed by atoms with Crippen LogP contribution in [0.25, 0.3) is 11.3 Å². The van der Waals surface area contributed by atoms with Crippen LogP contribution in [0.15, 0.2) is 22.7 Å². The van der Waals surface area contributed by atoms with Gasteiger partial charge in [-0.25, -0.2) is 0 Å². The molecule has 0 bridgehead atoms. The van der Waals surface area contributed by atoms with Crippen LogP contribution >= 0.6 is 0 Å². The summed E-state index contributed by atoms with van der Waals surface area (Å²) < 4.78 is 14.9. The van der Waals surface area contributed by atoms with Crippen LogP contribution in [0.5, 0.6) is 17.2 Å². The molecule has 1 heterocycles. The Morgan fingerprint density at radius 3 is 2.35 bits per heavy atom. The number of aromatic nitrogens is 1. The van der Waals surface area contributed by atoms with E-state index in [2.05, 4.69) is 5.16 Å². The van der Waals surface area contributed by atoms with E-state index in [1.54, 1.807) is 6.07 Å². The van der Waals surface area contributed by atoms with Crippen molar-refractivity contribution in [2.24, 2.45) is 0 Å². The van der Waals surface area contributed by atoms with Crippen LogP contribution in [0.4, 0.5) is 5.88 Å². The number of nitrogens with zero attached hydrogens (tertiary/aromatic N) is 1. The lowest BCUT2D eigenvalue weighted by atomic mass is 10.1. The molecule has 0 amide bonds. The van der Waals surface area contributed by atoms with Gasteiger partial charge in [0.1, 0.15) is 11.4 Å². The van der Waals surface area contributed by atoms with Crippen molar-refractivity contribution in [2.75, 3.05) is 20.0 Å². The van der Waals surface area contributed by atoms with Crippen LogP contribution < -0.4 is 15.2 Å². The lowest BCUT2D eigenvalue weighted by Crippen LogP contribution is -1.91. The molecule has 0 saturated heterocycles. The number of nitrogen functional groups attached to an aromatic ring is 1. The number of hydrogen-bond acceptors (Lipinski definition) is 6. The average molecular weight is 236 g/mol. The molecule has 6 nitrogen and oxygen atoms in total. The quantitative estimate of drug-likeness (QED) is 0.841. The van der Waals surface area contributed by atoms with Gasteiger partial charge in [-0.2, -0.15) is 0 Å². The van der Waals surface area contributed by atoms with Gasteiger partial charge in [-0.05, 0) is 6.07 Å². The first-order valence-corrected chi connectivity index (χ1v) is 4.83. The number of aromatic hydroxyl groups is 1. The SMILES string of the molecule is COc1cc(O)c(-c2cc(N)on2)cc1OC. The second kappa shape index (κ2) is 4.25. The highest BCUT2D eigenvalue weighted by Crippen LogP contribution is 2.39. The Morgan fingerprint density at radius 1 is 1.18 bits per heavy atom. The van der Waals surface area contributed by atoms with E-state index in [1.165, 1.54) is 26.4 Å². The topological polar surface area (TPSA) is 90.7 Å². The van der Waals surface area contributed by atoms with Gasteiger partial charge in [0.05, 0.1) is 14.2 Å². The Kier molecular flexibility index (Phi) is 2.78. The Balaban J connectivity index is 2.55. The Labute approximate surface area is 97.5 Å². The van der Waals surface area contributed by atoms with Gasteiger partial charge < -0.3 is 24.8 Å². The zero-order valence-electron chi connectivity index (χ0n) is 9.43. The highest BCUT2D eigenvalue weighted by molar-refractivity contribution is 5.72.